The van der Waals surface area contributed by atoms with Crippen LogP contribution in [0, 0.1) is 0 Å². The number of carboxylic acid groups (broad SMARTS) is 2. The molecule has 2 aromatic rings. The highest BCUT2D eigenvalue weighted by Gasteiger charge is 2.32. The standard InChI is InChI=1S/C24H32N6O8S/c1-39-7-6-14(25)21(34)28-17(10-20(32)33)23(36)29-16(22(35)30-18(24(37)38)9-19(26)31)8-12-11-27-15-5-3-2-4-13(12)15/h2-5,11,14,16-18,27H,6-10,25H2,1H3,(H2,26,31)(H,28,34)(H,29,36)(H,30,35)(H,32,33)(H,37,38). The number of fused-ring (bicyclic) bond motifs is 1. The SMILES string of the molecule is CSCCC(N)C(=O)NC(CC(=O)O)C(=O)NC(Cc1c[nH]c2ccccc12)C(=O)NC(CC(N)=O)C(=O)O. The highest BCUT2D eigenvalue weighted by atomic mass is 32.2. The molecule has 14 nitrogen and oxygen atoms in total. The number of para-hydroxylation sites is 1. The molecule has 0 saturated carbocycles. The summed E-state index contributed by atoms with van der Waals surface area (Å²) in [5, 5.41) is 26.3. The van der Waals surface area contributed by atoms with E-state index in [2.05, 4.69) is 20.9 Å². The normalized spacial score (nSPS) is 14.0. The number of amides is 4. The van der Waals surface area contributed by atoms with Crippen molar-refractivity contribution in [3.05, 3.63) is 36.0 Å². The quantitative estimate of drug-likeness (QED) is 0.119. The number of hydrogen-bond acceptors (Lipinski definition) is 8. The van der Waals surface area contributed by atoms with Gasteiger partial charge >= 0.3 is 11.9 Å². The lowest BCUT2D eigenvalue weighted by atomic mass is 10.0. The average molecular weight is 565 g/mol. The summed E-state index contributed by atoms with van der Waals surface area (Å²) < 4.78 is 0. The second-order valence-electron chi connectivity index (χ2n) is 8.74. The predicted molar refractivity (Wildman–Crippen MR) is 142 cm³/mol. The number of benzene rings is 1. The number of thioether (sulfide) groups is 1. The highest BCUT2D eigenvalue weighted by Crippen LogP contribution is 2.19. The van der Waals surface area contributed by atoms with Crippen LogP contribution in [0.15, 0.2) is 30.5 Å². The second kappa shape index (κ2) is 14.7. The molecule has 10 N–H and O–H groups in total. The number of carboxylic acids is 2. The Morgan fingerprint density at radius 2 is 1.54 bits per heavy atom. The van der Waals surface area contributed by atoms with Gasteiger partial charge in [-0.15, -0.1) is 0 Å². The lowest BCUT2D eigenvalue weighted by Gasteiger charge is -2.24. The van der Waals surface area contributed by atoms with E-state index in [1.165, 1.54) is 11.8 Å². The minimum atomic E-state index is -1.67. The molecule has 0 saturated heterocycles. The first kappa shape index (κ1) is 31.1. The van der Waals surface area contributed by atoms with Crippen molar-refractivity contribution in [2.24, 2.45) is 11.5 Å². The summed E-state index contributed by atoms with van der Waals surface area (Å²) in [6.45, 7) is 0. The van der Waals surface area contributed by atoms with Crippen molar-refractivity contribution >= 4 is 58.2 Å². The molecule has 1 aromatic carbocycles. The molecule has 0 bridgehead atoms. The summed E-state index contributed by atoms with van der Waals surface area (Å²) in [4.78, 5) is 76.1. The number of primary amides is 1. The summed E-state index contributed by atoms with van der Waals surface area (Å²) >= 11 is 1.46. The fourth-order valence-electron chi connectivity index (χ4n) is 3.71. The number of nitrogens with two attached hydrogens (primary N) is 2. The highest BCUT2D eigenvalue weighted by molar-refractivity contribution is 7.98. The molecule has 39 heavy (non-hydrogen) atoms. The average Bonchev–Trinajstić information content (AvgIpc) is 3.28. The molecule has 1 heterocycles. The molecular formula is C24H32N6O8S. The summed E-state index contributed by atoms with van der Waals surface area (Å²) in [7, 11) is 0. The molecule has 0 radical (unpaired) electrons. The lowest BCUT2D eigenvalue weighted by molar-refractivity contribution is -0.144. The molecule has 4 amide bonds. The van der Waals surface area contributed by atoms with Gasteiger partial charge in [-0.1, -0.05) is 18.2 Å². The maximum Gasteiger partial charge on any atom is 0.326 e. The Hall–Kier alpha value is -4.11. The van der Waals surface area contributed by atoms with Crippen molar-refractivity contribution in [1.29, 1.82) is 0 Å². The number of hydrogen-bond donors (Lipinski definition) is 8. The molecule has 0 aliphatic rings. The Morgan fingerprint density at radius 1 is 0.923 bits per heavy atom. The van der Waals surface area contributed by atoms with Gasteiger partial charge in [-0.25, -0.2) is 4.79 Å². The van der Waals surface area contributed by atoms with E-state index in [0.717, 1.165) is 10.9 Å². The monoisotopic (exact) mass is 564 g/mol. The summed E-state index contributed by atoms with van der Waals surface area (Å²) in [6, 6.07) is 1.48. The van der Waals surface area contributed by atoms with Crippen molar-refractivity contribution in [3.63, 3.8) is 0 Å². The van der Waals surface area contributed by atoms with Crippen molar-refractivity contribution < 1.29 is 39.0 Å². The molecule has 0 spiro atoms. The zero-order valence-corrected chi connectivity index (χ0v) is 22.0. The summed E-state index contributed by atoms with van der Waals surface area (Å²) in [5.41, 5.74) is 12.3. The zero-order valence-electron chi connectivity index (χ0n) is 21.1. The summed E-state index contributed by atoms with van der Waals surface area (Å²) in [6.07, 6.45) is 2.09. The van der Waals surface area contributed by atoms with Crippen LogP contribution in [0.4, 0.5) is 0 Å². The smallest absolute Gasteiger partial charge is 0.326 e. The van der Waals surface area contributed by atoms with E-state index in [1.807, 2.05) is 6.26 Å². The van der Waals surface area contributed by atoms with Gasteiger partial charge in [0.05, 0.1) is 18.9 Å². The molecule has 15 heteroatoms. The van der Waals surface area contributed by atoms with Crippen molar-refractivity contribution in [2.45, 2.75) is 49.9 Å². The second-order valence-corrected chi connectivity index (χ2v) is 9.73. The van der Waals surface area contributed by atoms with E-state index in [4.69, 9.17) is 11.5 Å². The van der Waals surface area contributed by atoms with Crippen molar-refractivity contribution in [3.8, 4) is 0 Å². The Balaban J connectivity index is 2.32. The Labute approximate surface area is 227 Å². The van der Waals surface area contributed by atoms with Crippen LogP contribution in [-0.2, 0) is 35.2 Å². The third kappa shape index (κ3) is 9.61. The predicted octanol–water partition coefficient (Wildman–Crippen LogP) is -1.32. The summed E-state index contributed by atoms with van der Waals surface area (Å²) in [5.74, 6) is -6.01. The number of H-pyrrole nitrogens is 1. The van der Waals surface area contributed by atoms with Crippen molar-refractivity contribution in [1.82, 2.24) is 20.9 Å². The molecule has 4 unspecified atom stereocenters. The minimum absolute atomic E-state index is 0.133. The molecule has 212 valence electrons. The fourth-order valence-corrected chi connectivity index (χ4v) is 4.20. The Kier molecular flexibility index (Phi) is 11.7. The van der Waals surface area contributed by atoms with Gasteiger partial charge in [-0.3, -0.25) is 24.0 Å². The van der Waals surface area contributed by atoms with Crippen LogP contribution in [0.1, 0.15) is 24.8 Å². The van der Waals surface area contributed by atoms with Crippen LogP contribution in [0.25, 0.3) is 10.9 Å². The molecular weight excluding hydrogens is 532 g/mol. The number of aromatic nitrogens is 1. The van der Waals surface area contributed by atoms with Crippen LogP contribution in [-0.4, -0.2) is 86.9 Å². The van der Waals surface area contributed by atoms with Gasteiger partial charge in [-0.2, -0.15) is 11.8 Å². The maximum absolute atomic E-state index is 13.2. The van der Waals surface area contributed by atoms with E-state index >= 15 is 0 Å². The fraction of sp³-hybridized carbons (Fsp3) is 0.417. The number of rotatable bonds is 16. The Morgan fingerprint density at radius 3 is 2.15 bits per heavy atom. The van der Waals surface area contributed by atoms with E-state index < -0.39 is 72.6 Å². The van der Waals surface area contributed by atoms with Crippen LogP contribution < -0.4 is 27.4 Å². The van der Waals surface area contributed by atoms with Crippen molar-refractivity contribution in [2.75, 3.05) is 12.0 Å². The first-order chi connectivity index (χ1) is 18.4. The largest absolute Gasteiger partial charge is 0.481 e. The van der Waals surface area contributed by atoms with E-state index in [9.17, 15) is 39.0 Å². The first-order valence-corrected chi connectivity index (χ1v) is 13.3. The number of carbonyl (C=O) groups is 6. The van der Waals surface area contributed by atoms with Gasteiger partial charge in [0.1, 0.15) is 18.1 Å². The van der Waals surface area contributed by atoms with E-state index in [0.29, 0.717) is 11.3 Å². The Bertz CT molecular complexity index is 1220. The number of nitrogens with one attached hydrogen (secondary N) is 4. The third-order valence-corrected chi connectivity index (χ3v) is 6.38. The van der Waals surface area contributed by atoms with Gasteiger partial charge < -0.3 is 42.6 Å². The number of aromatic amines is 1. The van der Waals surface area contributed by atoms with E-state index in [1.54, 1.807) is 30.5 Å². The first-order valence-electron chi connectivity index (χ1n) is 11.9. The van der Waals surface area contributed by atoms with Gasteiger partial charge in [0, 0.05) is 23.5 Å². The maximum atomic E-state index is 13.2. The molecule has 1 aromatic heterocycles. The van der Waals surface area contributed by atoms with E-state index in [-0.39, 0.29) is 12.8 Å². The number of carbonyl (C=O) groups excluding carboxylic acids is 4. The lowest BCUT2D eigenvalue weighted by Crippen LogP contribution is -2.58. The van der Waals surface area contributed by atoms with Crippen LogP contribution in [0.3, 0.4) is 0 Å². The molecule has 0 aliphatic carbocycles. The molecule has 2 rings (SSSR count). The topological polar surface area (TPSA) is 247 Å². The molecule has 4 atom stereocenters. The zero-order chi connectivity index (χ0) is 29.1. The minimum Gasteiger partial charge on any atom is -0.481 e. The van der Waals surface area contributed by atoms with Gasteiger partial charge in [0.15, 0.2) is 0 Å². The molecule has 0 fully saturated rings. The van der Waals surface area contributed by atoms with Gasteiger partial charge in [0.25, 0.3) is 0 Å². The van der Waals surface area contributed by atoms with Gasteiger partial charge in [0.2, 0.25) is 23.6 Å². The third-order valence-electron chi connectivity index (χ3n) is 5.73. The van der Waals surface area contributed by atoms with Crippen LogP contribution in [0.2, 0.25) is 0 Å². The number of aliphatic carboxylic acids is 2. The van der Waals surface area contributed by atoms with Crippen LogP contribution >= 0.6 is 11.8 Å². The van der Waals surface area contributed by atoms with Gasteiger partial charge in [-0.05, 0) is 30.1 Å². The molecule has 0 aliphatic heterocycles. The van der Waals surface area contributed by atoms with Crippen LogP contribution in [0.5, 0.6) is 0 Å².